The van der Waals surface area contributed by atoms with Crippen LogP contribution < -0.4 is 5.32 Å². The number of hydrogen-bond donors (Lipinski definition) is 1. The number of hydrogen-bond acceptors (Lipinski definition) is 5. The quantitative estimate of drug-likeness (QED) is 0.720. The number of carbonyl (C=O) groups is 2. The van der Waals surface area contributed by atoms with Crippen molar-refractivity contribution in [1.82, 2.24) is 20.0 Å². The molecule has 2 rings (SSSR count). The van der Waals surface area contributed by atoms with Gasteiger partial charge >= 0.3 is 0 Å². The minimum atomic E-state index is -0.226. The van der Waals surface area contributed by atoms with Gasteiger partial charge in [-0.2, -0.15) is 0 Å². The third-order valence-corrected chi connectivity index (χ3v) is 4.41. The van der Waals surface area contributed by atoms with Gasteiger partial charge < -0.3 is 19.9 Å². The Morgan fingerprint density at radius 3 is 2.50 bits per heavy atom. The Labute approximate surface area is 132 Å². The van der Waals surface area contributed by atoms with E-state index >= 15 is 0 Å². The Morgan fingerprint density at radius 2 is 1.91 bits per heavy atom. The lowest BCUT2D eigenvalue weighted by Gasteiger charge is -2.38. The predicted octanol–water partition coefficient (Wildman–Crippen LogP) is -1.01. The fraction of sp³-hybridized carbons (Fsp3) is 0.867. The highest BCUT2D eigenvalue weighted by molar-refractivity contribution is 5.82. The van der Waals surface area contributed by atoms with Crippen LogP contribution in [0.15, 0.2) is 0 Å². The van der Waals surface area contributed by atoms with Crippen LogP contribution in [0.3, 0.4) is 0 Å². The van der Waals surface area contributed by atoms with Gasteiger partial charge in [0, 0.05) is 59.8 Å². The Bertz CT molecular complexity index is 394. The third kappa shape index (κ3) is 4.41. The Balaban J connectivity index is 1.74. The van der Waals surface area contributed by atoms with Gasteiger partial charge in [-0.15, -0.1) is 0 Å². The summed E-state index contributed by atoms with van der Waals surface area (Å²) in [6.07, 6.45) is 0.465. The second-order valence-corrected chi connectivity index (χ2v) is 6.21. The Kier molecular flexibility index (Phi) is 6.16. The zero-order chi connectivity index (χ0) is 16.1. The zero-order valence-electron chi connectivity index (χ0n) is 13.9. The van der Waals surface area contributed by atoms with Crippen molar-refractivity contribution in [3.05, 3.63) is 0 Å². The molecule has 7 nitrogen and oxygen atoms in total. The Hall–Kier alpha value is -1.18. The highest BCUT2D eigenvalue weighted by Crippen LogP contribution is 2.10. The molecule has 0 unspecified atom stereocenters. The fourth-order valence-electron chi connectivity index (χ4n) is 2.88. The molecule has 2 fully saturated rings. The van der Waals surface area contributed by atoms with Gasteiger partial charge in [0.25, 0.3) is 0 Å². The van der Waals surface area contributed by atoms with E-state index in [9.17, 15) is 9.59 Å². The lowest BCUT2D eigenvalue weighted by atomic mass is 10.1. The minimum absolute atomic E-state index is 0.0722. The summed E-state index contributed by atoms with van der Waals surface area (Å²) in [5, 5.41) is 3.25. The van der Waals surface area contributed by atoms with Gasteiger partial charge in [-0.1, -0.05) is 0 Å². The van der Waals surface area contributed by atoms with E-state index in [1.54, 1.807) is 19.0 Å². The summed E-state index contributed by atoms with van der Waals surface area (Å²) in [5.41, 5.74) is 0. The molecule has 1 N–H and O–H groups in total. The van der Waals surface area contributed by atoms with Crippen molar-refractivity contribution < 1.29 is 14.3 Å². The summed E-state index contributed by atoms with van der Waals surface area (Å²) in [5.74, 6) is 0.284. The lowest BCUT2D eigenvalue weighted by molar-refractivity contribution is -0.141. The number of nitrogens with zero attached hydrogens (tertiary/aromatic N) is 3. The van der Waals surface area contributed by atoms with Crippen LogP contribution in [0, 0.1) is 0 Å². The molecule has 126 valence electrons. The van der Waals surface area contributed by atoms with Crippen molar-refractivity contribution in [3.8, 4) is 0 Å². The molecule has 2 saturated heterocycles. The van der Waals surface area contributed by atoms with Crippen LogP contribution in [0.1, 0.15) is 13.3 Å². The predicted molar refractivity (Wildman–Crippen MR) is 83.5 cm³/mol. The average molecular weight is 312 g/mol. The van der Waals surface area contributed by atoms with Crippen molar-refractivity contribution in [3.63, 3.8) is 0 Å². The summed E-state index contributed by atoms with van der Waals surface area (Å²) in [6.45, 7) is 7.20. The Morgan fingerprint density at radius 1 is 1.23 bits per heavy atom. The van der Waals surface area contributed by atoms with Crippen LogP contribution in [-0.4, -0.2) is 98.6 Å². The van der Waals surface area contributed by atoms with E-state index in [2.05, 4.69) is 10.2 Å². The van der Waals surface area contributed by atoms with E-state index < -0.39 is 0 Å². The summed E-state index contributed by atoms with van der Waals surface area (Å²) in [6, 6.07) is -0.226. The number of morpholine rings is 1. The van der Waals surface area contributed by atoms with E-state index in [0.29, 0.717) is 13.0 Å². The van der Waals surface area contributed by atoms with E-state index in [-0.39, 0.29) is 24.0 Å². The molecule has 0 saturated carbocycles. The molecule has 0 bridgehead atoms. The number of piperazine rings is 1. The van der Waals surface area contributed by atoms with Crippen LogP contribution in [0.2, 0.25) is 0 Å². The monoisotopic (exact) mass is 312 g/mol. The average Bonchev–Trinajstić information content (AvgIpc) is 2.52. The van der Waals surface area contributed by atoms with Crippen molar-refractivity contribution in [2.75, 3.05) is 60.0 Å². The topological polar surface area (TPSA) is 65.1 Å². The van der Waals surface area contributed by atoms with Crippen LogP contribution in [0.5, 0.6) is 0 Å². The van der Waals surface area contributed by atoms with Crippen molar-refractivity contribution in [1.29, 1.82) is 0 Å². The van der Waals surface area contributed by atoms with Crippen LogP contribution in [-0.2, 0) is 14.3 Å². The number of ether oxygens (including phenoxy) is 1. The largest absolute Gasteiger partial charge is 0.375 e. The van der Waals surface area contributed by atoms with E-state index in [0.717, 1.165) is 39.3 Å². The molecule has 0 aromatic rings. The van der Waals surface area contributed by atoms with Crippen LogP contribution in [0.25, 0.3) is 0 Å². The molecule has 2 amide bonds. The normalized spacial score (nSPS) is 26.8. The lowest BCUT2D eigenvalue weighted by Crippen LogP contribution is -2.59. The van der Waals surface area contributed by atoms with Gasteiger partial charge in [-0.3, -0.25) is 14.5 Å². The van der Waals surface area contributed by atoms with E-state index in [4.69, 9.17) is 4.74 Å². The molecule has 0 aliphatic carbocycles. The van der Waals surface area contributed by atoms with Gasteiger partial charge in [0.05, 0.1) is 12.7 Å². The second-order valence-electron chi connectivity index (χ2n) is 6.21. The molecule has 0 aromatic heterocycles. The summed E-state index contributed by atoms with van der Waals surface area (Å²) in [4.78, 5) is 29.9. The van der Waals surface area contributed by atoms with Gasteiger partial charge in [0.2, 0.25) is 11.8 Å². The second kappa shape index (κ2) is 7.89. The first kappa shape index (κ1) is 17.2. The highest BCUT2D eigenvalue weighted by Gasteiger charge is 2.33. The third-order valence-electron chi connectivity index (χ3n) is 4.41. The van der Waals surface area contributed by atoms with E-state index in [1.807, 2.05) is 11.8 Å². The first-order chi connectivity index (χ1) is 10.5. The molecule has 0 spiro atoms. The molecular formula is C15H28N4O3. The first-order valence-corrected chi connectivity index (χ1v) is 8.05. The first-order valence-electron chi connectivity index (χ1n) is 8.05. The maximum atomic E-state index is 12.5. The van der Waals surface area contributed by atoms with E-state index in [1.165, 1.54) is 0 Å². The molecule has 2 atom stereocenters. The maximum absolute atomic E-state index is 12.5. The number of rotatable bonds is 4. The van der Waals surface area contributed by atoms with Gasteiger partial charge in [0.1, 0.15) is 6.04 Å². The van der Waals surface area contributed by atoms with Crippen molar-refractivity contribution in [2.45, 2.75) is 25.5 Å². The standard InChI is InChI=1S/C15H28N4O3/c1-12-14(16-5-11-22-12)15(21)19-9-7-18(8-10-19)6-4-13(20)17(2)3/h12,14,16H,4-11H2,1-3H3/t12-,14+/m1/s1. The summed E-state index contributed by atoms with van der Waals surface area (Å²) >= 11 is 0. The molecular weight excluding hydrogens is 284 g/mol. The molecule has 22 heavy (non-hydrogen) atoms. The van der Waals surface area contributed by atoms with Crippen molar-refractivity contribution in [2.24, 2.45) is 0 Å². The maximum Gasteiger partial charge on any atom is 0.242 e. The zero-order valence-corrected chi connectivity index (χ0v) is 13.9. The minimum Gasteiger partial charge on any atom is -0.375 e. The summed E-state index contributed by atoms with van der Waals surface area (Å²) < 4.78 is 5.55. The molecule has 2 heterocycles. The van der Waals surface area contributed by atoms with Gasteiger partial charge in [0.15, 0.2) is 0 Å². The smallest absolute Gasteiger partial charge is 0.242 e. The van der Waals surface area contributed by atoms with Crippen LogP contribution >= 0.6 is 0 Å². The molecule has 7 heteroatoms. The number of nitrogens with one attached hydrogen (secondary N) is 1. The van der Waals surface area contributed by atoms with Crippen LogP contribution in [0.4, 0.5) is 0 Å². The van der Waals surface area contributed by atoms with Gasteiger partial charge in [-0.25, -0.2) is 0 Å². The molecule has 2 aliphatic rings. The van der Waals surface area contributed by atoms with Crippen molar-refractivity contribution >= 4 is 11.8 Å². The SMILES string of the molecule is C[C@H]1OCCN[C@@H]1C(=O)N1CCN(CCC(=O)N(C)C)CC1. The number of amides is 2. The number of carbonyl (C=O) groups excluding carboxylic acids is 2. The summed E-state index contributed by atoms with van der Waals surface area (Å²) in [7, 11) is 3.55. The molecule has 0 radical (unpaired) electrons. The highest BCUT2D eigenvalue weighted by atomic mass is 16.5. The molecule has 2 aliphatic heterocycles. The van der Waals surface area contributed by atoms with Gasteiger partial charge in [-0.05, 0) is 6.92 Å². The fourth-order valence-corrected chi connectivity index (χ4v) is 2.88. The molecule has 0 aromatic carbocycles.